The second kappa shape index (κ2) is 8.54. The second-order valence-electron chi connectivity index (χ2n) is 5.96. The molecule has 1 heterocycles. The molecule has 1 aromatic heterocycles. The zero-order valence-corrected chi connectivity index (χ0v) is 16.4. The number of ether oxygens (including phenoxy) is 1. The van der Waals surface area contributed by atoms with Crippen molar-refractivity contribution in [1.29, 1.82) is 0 Å². The number of nitrogens with one attached hydrogen (secondary N) is 1. The van der Waals surface area contributed by atoms with Gasteiger partial charge in [-0.05, 0) is 42.0 Å². The number of alkyl halides is 3. The van der Waals surface area contributed by atoms with Gasteiger partial charge in [-0.1, -0.05) is 30.3 Å². The van der Waals surface area contributed by atoms with Gasteiger partial charge in [0, 0.05) is 16.3 Å². The van der Waals surface area contributed by atoms with Crippen molar-refractivity contribution in [3.8, 4) is 5.75 Å². The van der Waals surface area contributed by atoms with E-state index in [1.54, 1.807) is 24.3 Å². The Hall–Kier alpha value is -2.40. The predicted octanol–water partition coefficient (Wildman–Crippen LogP) is 4.21. The fourth-order valence-corrected chi connectivity index (χ4v) is 4.57. The van der Waals surface area contributed by atoms with Gasteiger partial charge in [0.15, 0.2) is 0 Å². The molecule has 0 saturated carbocycles. The maximum Gasteiger partial charge on any atom is 0.573 e. The Morgan fingerprint density at radius 1 is 1.00 bits per heavy atom. The third-order valence-corrected chi connectivity index (χ3v) is 6.43. The van der Waals surface area contributed by atoms with Crippen LogP contribution in [0.2, 0.25) is 0 Å². The Morgan fingerprint density at radius 2 is 1.66 bits per heavy atom. The van der Waals surface area contributed by atoms with Crippen LogP contribution in [0.5, 0.6) is 5.75 Å². The van der Waals surface area contributed by atoms with E-state index in [9.17, 15) is 26.7 Å². The SMILES string of the molecule is O=S(=O)(NCc1ccc(C(O)c2ccccc2)s1)c1ccc(OC(F)(F)F)cc1. The van der Waals surface area contributed by atoms with Gasteiger partial charge >= 0.3 is 6.36 Å². The lowest BCUT2D eigenvalue weighted by molar-refractivity contribution is -0.274. The van der Waals surface area contributed by atoms with Crippen LogP contribution in [-0.4, -0.2) is 19.9 Å². The van der Waals surface area contributed by atoms with Gasteiger partial charge in [-0.3, -0.25) is 0 Å². The van der Waals surface area contributed by atoms with E-state index in [1.807, 2.05) is 18.2 Å². The topological polar surface area (TPSA) is 75.6 Å². The first-order chi connectivity index (χ1) is 13.6. The molecule has 2 N–H and O–H groups in total. The maximum atomic E-state index is 12.3. The van der Waals surface area contributed by atoms with Gasteiger partial charge in [0.05, 0.1) is 4.90 Å². The third kappa shape index (κ3) is 5.80. The van der Waals surface area contributed by atoms with Crippen LogP contribution in [0.1, 0.15) is 21.4 Å². The molecule has 0 amide bonds. The molecule has 0 aliphatic heterocycles. The first-order valence-electron chi connectivity index (χ1n) is 8.31. The molecule has 154 valence electrons. The molecule has 0 aliphatic carbocycles. The average molecular weight is 443 g/mol. The summed E-state index contributed by atoms with van der Waals surface area (Å²) in [6.45, 7) is -0.0185. The quantitative estimate of drug-likeness (QED) is 0.574. The zero-order valence-electron chi connectivity index (χ0n) is 14.8. The van der Waals surface area contributed by atoms with E-state index >= 15 is 0 Å². The summed E-state index contributed by atoms with van der Waals surface area (Å²) in [5.74, 6) is -0.505. The molecule has 5 nitrogen and oxygen atoms in total. The monoisotopic (exact) mass is 443 g/mol. The van der Waals surface area contributed by atoms with Crippen LogP contribution in [0.25, 0.3) is 0 Å². The van der Waals surface area contributed by atoms with Crippen molar-refractivity contribution in [2.45, 2.75) is 23.9 Å². The van der Waals surface area contributed by atoms with E-state index in [4.69, 9.17) is 0 Å². The van der Waals surface area contributed by atoms with Crippen LogP contribution >= 0.6 is 11.3 Å². The van der Waals surface area contributed by atoms with Crippen molar-refractivity contribution in [3.05, 3.63) is 82.0 Å². The van der Waals surface area contributed by atoms with Crippen molar-refractivity contribution in [1.82, 2.24) is 4.72 Å². The highest BCUT2D eigenvalue weighted by Crippen LogP contribution is 2.29. The summed E-state index contributed by atoms with van der Waals surface area (Å²) in [5.41, 5.74) is 0.725. The minimum Gasteiger partial charge on any atom is -0.406 e. The molecule has 3 aromatic rings. The zero-order chi connectivity index (χ0) is 21.1. The molecule has 2 aromatic carbocycles. The summed E-state index contributed by atoms with van der Waals surface area (Å²) in [6.07, 6.45) is -5.66. The number of thiophene rings is 1. The Kier molecular flexibility index (Phi) is 6.27. The molecule has 0 bridgehead atoms. The fraction of sp³-hybridized carbons (Fsp3) is 0.158. The summed E-state index contributed by atoms with van der Waals surface area (Å²) in [5, 5.41) is 10.4. The molecule has 0 fully saturated rings. The van der Waals surface area contributed by atoms with E-state index in [1.165, 1.54) is 11.3 Å². The molecule has 0 radical (unpaired) electrons. The van der Waals surface area contributed by atoms with E-state index in [0.717, 1.165) is 29.8 Å². The lowest BCUT2D eigenvalue weighted by Crippen LogP contribution is -2.23. The van der Waals surface area contributed by atoms with E-state index in [-0.39, 0.29) is 11.4 Å². The lowest BCUT2D eigenvalue weighted by atomic mass is 10.1. The Labute approximate surface area is 169 Å². The number of hydrogen-bond acceptors (Lipinski definition) is 5. The number of benzene rings is 2. The van der Waals surface area contributed by atoms with Crippen molar-refractivity contribution in [2.24, 2.45) is 0 Å². The van der Waals surface area contributed by atoms with Gasteiger partial charge in [-0.2, -0.15) is 0 Å². The van der Waals surface area contributed by atoms with E-state index in [2.05, 4.69) is 9.46 Å². The maximum absolute atomic E-state index is 12.3. The van der Waals surface area contributed by atoms with Gasteiger partial charge in [0.25, 0.3) is 0 Å². The van der Waals surface area contributed by atoms with Gasteiger partial charge in [-0.15, -0.1) is 24.5 Å². The molecule has 0 spiro atoms. The smallest absolute Gasteiger partial charge is 0.406 e. The summed E-state index contributed by atoms with van der Waals surface area (Å²) in [6, 6.07) is 16.4. The molecular formula is C19H16F3NO4S2. The summed E-state index contributed by atoms with van der Waals surface area (Å²) in [7, 11) is -3.92. The largest absolute Gasteiger partial charge is 0.573 e. The Morgan fingerprint density at radius 3 is 2.28 bits per heavy atom. The van der Waals surface area contributed by atoms with Crippen molar-refractivity contribution < 1.29 is 31.4 Å². The van der Waals surface area contributed by atoms with Gasteiger partial charge < -0.3 is 9.84 Å². The summed E-state index contributed by atoms with van der Waals surface area (Å²) >= 11 is 1.26. The third-order valence-electron chi connectivity index (χ3n) is 3.87. The Bertz CT molecular complexity index is 1050. The molecule has 0 saturated heterocycles. The van der Waals surface area contributed by atoms with Crippen molar-refractivity contribution in [2.75, 3.05) is 0 Å². The number of hydrogen-bond donors (Lipinski definition) is 2. The van der Waals surface area contributed by atoms with Gasteiger partial charge in [-0.25, -0.2) is 13.1 Å². The lowest BCUT2D eigenvalue weighted by Gasteiger charge is -2.10. The predicted molar refractivity (Wildman–Crippen MR) is 102 cm³/mol. The van der Waals surface area contributed by atoms with Crippen LogP contribution in [-0.2, 0) is 16.6 Å². The second-order valence-corrected chi connectivity index (χ2v) is 8.93. The minimum absolute atomic E-state index is 0.0185. The van der Waals surface area contributed by atoms with Gasteiger partial charge in [0.2, 0.25) is 10.0 Å². The van der Waals surface area contributed by atoms with Crippen LogP contribution in [0.4, 0.5) is 13.2 Å². The molecular weight excluding hydrogens is 427 g/mol. The van der Waals surface area contributed by atoms with Crippen LogP contribution < -0.4 is 9.46 Å². The molecule has 10 heteroatoms. The standard InChI is InChI=1S/C19H16F3NO4S2/c20-19(21,22)27-14-6-9-16(10-7-14)29(25,26)23-12-15-8-11-17(28-15)18(24)13-4-2-1-3-5-13/h1-11,18,23-24H,12H2. The number of sulfonamides is 1. The Balaban J connectivity index is 1.64. The summed E-state index contributed by atoms with van der Waals surface area (Å²) in [4.78, 5) is 1.16. The highest BCUT2D eigenvalue weighted by molar-refractivity contribution is 7.89. The number of aliphatic hydroxyl groups excluding tert-OH is 1. The van der Waals surface area contributed by atoms with E-state index in [0.29, 0.717) is 9.75 Å². The van der Waals surface area contributed by atoms with Crippen molar-refractivity contribution >= 4 is 21.4 Å². The van der Waals surface area contributed by atoms with E-state index < -0.39 is 28.2 Å². The molecule has 29 heavy (non-hydrogen) atoms. The average Bonchev–Trinajstić information content (AvgIpc) is 3.15. The first-order valence-corrected chi connectivity index (χ1v) is 10.6. The number of aliphatic hydroxyl groups is 1. The molecule has 1 unspecified atom stereocenters. The fourth-order valence-electron chi connectivity index (χ4n) is 2.51. The van der Waals surface area contributed by atoms with Gasteiger partial charge in [0.1, 0.15) is 11.9 Å². The number of rotatable bonds is 7. The van der Waals surface area contributed by atoms with Crippen LogP contribution in [0, 0.1) is 0 Å². The number of halogens is 3. The minimum atomic E-state index is -4.85. The first kappa shape index (κ1) is 21.3. The molecule has 3 rings (SSSR count). The normalized spacial score (nSPS) is 13.2. The summed E-state index contributed by atoms with van der Waals surface area (Å²) < 4.78 is 67.3. The highest BCUT2D eigenvalue weighted by atomic mass is 32.2. The highest BCUT2D eigenvalue weighted by Gasteiger charge is 2.31. The van der Waals surface area contributed by atoms with Crippen LogP contribution in [0.3, 0.4) is 0 Å². The van der Waals surface area contributed by atoms with Crippen molar-refractivity contribution in [3.63, 3.8) is 0 Å². The molecule has 1 atom stereocenters. The molecule has 0 aliphatic rings. The van der Waals surface area contributed by atoms with Crippen LogP contribution in [0.15, 0.2) is 71.6 Å².